The van der Waals surface area contributed by atoms with E-state index in [1.54, 1.807) is 0 Å². The highest BCUT2D eigenvalue weighted by molar-refractivity contribution is 5.71. The third-order valence-electron chi connectivity index (χ3n) is 2.29. The third-order valence-corrected chi connectivity index (χ3v) is 2.29. The number of ether oxygens (including phenoxy) is 1. The summed E-state index contributed by atoms with van der Waals surface area (Å²) < 4.78 is 5.35. The zero-order valence-corrected chi connectivity index (χ0v) is 8.17. The number of carbonyl (C=O) groups excluding carboxylic acids is 1. The first-order valence-corrected chi connectivity index (χ1v) is 4.85. The second-order valence-electron chi connectivity index (χ2n) is 3.88. The highest BCUT2D eigenvalue weighted by Gasteiger charge is 2.32. The molecular weight excluding hydrogens is 152 g/mol. The molecule has 0 N–H and O–H groups in total. The van der Waals surface area contributed by atoms with Gasteiger partial charge in [0.1, 0.15) is 6.10 Å². The van der Waals surface area contributed by atoms with Crippen LogP contribution in [0.5, 0.6) is 0 Å². The Morgan fingerprint density at radius 3 is 2.42 bits per heavy atom. The lowest BCUT2D eigenvalue weighted by Gasteiger charge is -2.16. The predicted octanol–water partition coefficient (Wildman–Crippen LogP) is 2.37. The Morgan fingerprint density at radius 2 is 2.08 bits per heavy atom. The SMILES string of the molecule is CC[C@@H](OC(=O)C(C)C)C1CC1. The van der Waals surface area contributed by atoms with Crippen LogP contribution in [0.1, 0.15) is 40.0 Å². The van der Waals surface area contributed by atoms with Crippen LogP contribution in [0.3, 0.4) is 0 Å². The molecular formula is C10H18O2. The van der Waals surface area contributed by atoms with E-state index in [2.05, 4.69) is 6.92 Å². The van der Waals surface area contributed by atoms with Gasteiger partial charge in [0.15, 0.2) is 0 Å². The fourth-order valence-corrected chi connectivity index (χ4v) is 1.27. The summed E-state index contributed by atoms with van der Waals surface area (Å²) in [7, 11) is 0. The Hall–Kier alpha value is -0.530. The average molecular weight is 170 g/mol. The fourth-order valence-electron chi connectivity index (χ4n) is 1.27. The van der Waals surface area contributed by atoms with Gasteiger partial charge in [0.25, 0.3) is 0 Å². The number of rotatable bonds is 4. The zero-order chi connectivity index (χ0) is 9.14. The van der Waals surface area contributed by atoms with E-state index < -0.39 is 0 Å². The summed E-state index contributed by atoms with van der Waals surface area (Å²) in [5.74, 6) is 0.629. The lowest BCUT2D eigenvalue weighted by Crippen LogP contribution is -2.22. The van der Waals surface area contributed by atoms with E-state index in [1.165, 1.54) is 12.8 Å². The van der Waals surface area contributed by atoms with Gasteiger partial charge in [-0.25, -0.2) is 0 Å². The lowest BCUT2D eigenvalue weighted by molar-refractivity contribution is -0.154. The summed E-state index contributed by atoms with van der Waals surface area (Å²) in [6, 6.07) is 0. The monoisotopic (exact) mass is 170 g/mol. The van der Waals surface area contributed by atoms with Crippen molar-refractivity contribution in [2.75, 3.05) is 0 Å². The Labute approximate surface area is 74.3 Å². The molecule has 1 aliphatic rings. The van der Waals surface area contributed by atoms with Crippen LogP contribution in [0, 0.1) is 11.8 Å². The molecule has 1 saturated carbocycles. The minimum absolute atomic E-state index is 0.0119. The van der Waals surface area contributed by atoms with Crippen molar-refractivity contribution in [3.63, 3.8) is 0 Å². The summed E-state index contributed by atoms with van der Waals surface area (Å²) in [4.78, 5) is 11.2. The molecule has 0 bridgehead atoms. The molecule has 2 nitrogen and oxygen atoms in total. The molecule has 0 radical (unpaired) electrons. The van der Waals surface area contributed by atoms with E-state index in [4.69, 9.17) is 4.74 Å². The van der Waals surface area contributed by atoms with Gasteiger partial charge in [-0.1, -0.05) is 20.8 Å². The van der Waals surface area contributed by atoms with Crippen LogP contribution in [-0.4, -0.2) is 12.1 Å². The molecule has 1 aliphatic carbocycles. The van der Waals surface area contributed by atoms with Crippen LogP contribution >= 0.6 is 0 Å². The zero-order valence-electron chi connectivity index (χ0n) is 8.17. The van der Waals surface area contributed by atoms with E-state index in [9.17, 15) is 4.79 Å². The molecule has 2 heteroatoms. The second-order valence-corrected chi connectivity index (χ2v) is 3.88. The van der Waals surface area contributed by atoms with Gasteiger partial charge >= 0.3 is 5.97 Å². The average Bonchev–Trinajstić information content (AvgIpc) is 2.82. The number of hydrogen-bond donors (Lipinski definition) is 0. The maximum atomic E-state index is 11.2. The molecule has 0 aliphatic heterocycles. The smallest absolute Gasteiger partial charge is 0.308 e. The Bertz CT molecular complexity index is 159. The van der Waals surface area contributed by atoms with E-state index in [0.29, 0.717) is 5.92 Å². The molecule has 0 aromatic carbocycles. The number of hydrogen-bond acceptors (Lipinski definition) is 2. The maximum Gasteiger partial charge on any atom is 0.308 e. The first-order valence-electron chi connectivity index (χ1n) is 4.85. The van der Waals surface area contributed by atoms with Gasteiger partial charge in [-0.2, -0.15) is 0 Å². The third kappa shape index (κ3) is 2.50. The molecule has 0 spiro atoms. The van der Waals surface area contributed by atoms with Gasteiger partial charge < -0.3 is 4.74 Å². The standard InChI is InChI=1S/C10H18O2/c1-4-9(8-5-6-8)12-10(11)7(2)3/h7-9H,4-6H2,1-3H3/t9-/m1/s1. The van der Waals surface area contributed by atoms with Crippen molar-refractivity contribution in [1.29, 1.82) is 0 Å². The Morgan fingerprint density at radius 1 is 1.50 bits per heavy atom. The molecule has 12 heavy (non-hydrogen) atoms. The van der Waals surface area contributed by atoms with Gasteiger partial charge in [-0.15, -0.1) is 0 Å². The van der Waals surface area contributed by atoms with Gasteiger partial charge in [0.2, 0.25) is 0 Å². The molecule has 1 atom stereocenters. The predicted molar refractivity (Wildman–Crippen MR) is 47.7 cm³/mol. The Kier molecular flexibility index (Phi) is 3.12. The summed E-state index contributed by atoms with van der Waals surface area (Å²) in [5.41, 5.74) is 0. The van der Waals surface area contributed by atoms with Crippen molar-refractivity contribution in [3.05, 3.63) is 0 Å². The van der Waals surface area contributed by atoms with Gasteiger partial charge in [-0.05, 0) is 25.2 Å². The molecule has 0 aromatic rings. The molecule has 0 unspecified atom stereocenters. The van der Waals surface area contributed by atoms with Crippen molar-refractivity contribution >= 4 is 5.97 Å². The molecule has 0 aromatic heterocycles. The van der Waals surface area contributed by atoms with Gasteiger partial charge in [0.05, 0.1) is 5.92 Å². The van der Waals surface area contributed by atoms with Crippen molar-refractivity contribution < 1.29 is 9.53 Å². The molecule has 1 rings (SSSR count). The summed E-state index contributed by atoms with van der Waals surface area (Å²) in [6.07, 6.45) is 3.64. The minimum Gasteiger partial charge on any atom is -0.462 e. The number of carbonyl (C=O) groups is 1. The summed E-state index contributed by atoms with van der Waals surface area (Å²) in [5, 5.41) is 0. The van der Waals surface area contributed by atoms with E-state index >= 15 is 0 Å². The first kappa shape index (κ1) is 9.56. The summed E-state index contributed by atoms with van der Waals surface area (Å²) in [6.45, 7) is 5.83. The van der Waals surface area contributed by atoms with Crippen LogP contribution in [0.2, 0.25) is 0 Å². The van der Waals surface area contributed by atoms with Crippen LogP contribution in [0.15, 0.2) is 0 Å². The minimum atomic E-state index is -0.0475. The highest BCUT2D eigenvalue weighted by atomic mass is 16.5. The fraction of sp³-hybridized carbons (Fsp3) is 0.900. The van der Waals surface area contributed by atoms with Crippen LogP contribution in [0.4, 0.5) is 0 Å². The van der Waals surface area contributed by atoms with E-state index in [1.807, 2.05) is 13.8 Å². The van der Waals surface area contributed by atoms with Crippen molar-refractivity contribution in [3.8, 4) is 0 Å². The second kappa shape index (κ2) is 3.92. The van der Waals surface area contributed by atoms with Crippen LogP contribution in [0.25, 0.3) is 0 Å². The van der Waals surface area contributed by atoms with Crippen LogP contribution < -0.4 is 0 Å². The molecule has 0 saturated heterocycles. The topological polar surface area (TPSA) is 26.3 Å². The largest absolute Gasteiger partial charge is 0.462 e. The van der Waals surface area contributed by atoms with Crippen molar-refractivity contribution in [1.82, 2.24) is 0 Å². The van der Waals surface area contributed by atoms with E-state index in [0.717, 1.165) is 6.42 Å². The van der Waals surface area contributed by atoms with Crippen LogP contribution in [-0.2, 0) is 9.53 Å². The summed E-state index contributed by atoms with van der Waals surface area (Å²) >= 11 is 0. The molecule has 0 heterocycles. The van der Waals surface area contributed by atoms with Gasteiger partial charge in [-0.3, -0.25) is 4.79 Å². The molecule has 70 valence electrons. The number of esters is 1. The molecule has 1 fully saturated rings. The van der Waals surface area contributed by atoms with Crippen molar-refractivity contribution in [2.24, 2.45) is 11.8 Å². The Balaban J connectivity index is 2.31. The quantitative estimate of drug-likeness (QED) is 0.605. The lowest BCUT2D eigenvalue weighted by atomic mass is 10.1. The first-order chi connectivity index (χ1) is 5.65. The highest BCUT2D eigenvalue weighted by Crippen LogP contribution is 2.35. The normalized spacial score (nSPS) is 19.3. The van der Waals surface area contributed by atoms with E-state index in [-0.39, 0.29) is 18.0 Å². The van der Waals surface area contributed by atoms with Crippen molar-refractivity contribution in [2.45, 2.75) is 46.1 Å². The van der Waals surface area contributed by atoms with Gasteiger partial charge in [0, 0.05) is 0 Å². The molecule has 0 amide bonds. The maximum absolute atomic E-state index is 11.2.